The molecule has 0 spiro atoms. The first-order valence-corrected chi connectivity index (χ1v) is 7.43. The number of halogens is 1. The molecule has 2 aromatic heterocycles. The first-order valence-electron chi connectivity index (χ1n) is 7.05. The molecule has 0 aliphatic carbocycles. The molecule has 8 heteroatoms. The summed E-state index contributed by atoms with van der Waals surface area (Å²) < 4.78 is 5.08. The number of hydrogen-bond donors (Lipinski definition) is 0. The number of hydrogen-bond acceptors (Lipinski definition) is 7. The molecule has 1 aliphatic rings. The molecule has 0 aromatic carbocycles. The summed E-state index contributed by atoms with van der Waals surface area (Å²) in [6.07, 6.45) is 3.45. The summed E-state index contributed by atoms with van der Waals surface area (Å²) in [7, 11) is 1.64. The van der Waals surface area contributed by atoms with Crippen LogP contribution in [0.1, 0.15) is 5.82 Å². The monoisotopic (exact) mass is 320 g/mol. The average molecular weight is 321 g/mol. The lowest BCUT2D eigenvalue weighted by Gasteiger charge is -2.36. The van der Waals surface area contributed by atoms with Gasteiger partial charge in [-0.05, 0) is 23.7 Å². The number of anilines is 2. The normalized spacial score (nSPS) is 15.2. The van der Waals surface area contributed by atoms with Crippen LogP contribution in [0, 0.1) is 0 Å². The summed E-state index contributed by atoms with van der Waals surface area (Å²) in [5, 5.41) is 0.278. The van der Waals surface area contributed by atoms with Crippen molar-refractivity contribution in [2.75, 3.05) is 43.1 Å². The third kappa shape index (κ3) is 3.42. The molecule has 1 aliphatic heterocycles. The molecule has 7 nitrogen and oxygen atoms in total. The van der Waals surface area contributed by atoms with Gasteiger partial charge >= 0.3 is 0 Å². The number of rotatable bonds is 4. The standard InChI is InChI=1S/C14H17ClN6O/c1-22-10-11-16-4-2-12(18-11)20-6-8-21(9-7-20)13-3-5-17-14(15)19-13/h2-5H,6-10H2,1H3. The lowest BCUT2D eigenvalue weighted by molar-refractivity contribution is 0.178. The predicted octanol–water partition coefficient (Wildman–Crippen LogP) is 1.39. The molecule has 1 fully saturated rings. The molecule has 3 rings (SSSR count). The molecule has 0 atom stereocenters. The molecule has 0 N–H and O–H groups in total. The molecular weight excluding hydrogens is 304 g/mol. The summed E-state index contributed by atoms with van der Waals surface area (Å²) in [5.74, 6) is 2.50. The summed E-state index contributed by atoms with van der Waals surface area (Å²) in [6, 6.07) is 3.80. The van der Waals surface area contributed by atoms with E-state index in [0.29, 0.717) is 12.4 Å². The van der Waals surface area contributed by atoms with Crippen LogP contribution in [0.5, 0.6) is 0 Å². The highest BCUT2D eigenvalue weighted by atomic mass is 35.5. The fraction of sp³-hybridized carbons (Fsp3) is 0.429. The minimum absolute atomic E-state index is 0.278. The van der Waals surface area contributed by atoms with Crippen LogP contribution in [0.3, 0.4) is 0 Å². The lowest BCUT2D eigenvalue weighted by Crippen LogP contribution is -2.47. The van der Waals surface area contributed by atoms with Crippen molar-refractivity contribution in [2.45, 2.75) is 6.61 Å². The van der Waals surface area contributed by atoms with Gasteiger partial charge in [-0.15, -0.1) is 0 Å². The van der Waals surface area contributed by atoms with Crippen molar-refractivity contribution in [1.29, 1.82) is 0 Å². The van der Waals surface area contributed by atoms with E-state index in [0.717, 1.165) is 37.8 Å². The van der Waals surface area contributed by atoms with Crippen LogP contribution in [0.15, 0.2) is 24.5 Å². The van der Waals surface area contributed by atoms with Gasteiger partial charge in [-0.2, -0.15) is 0 Å². The maximum absolute atomic E-state index is 5.85. The quantitative estimate of drug-likeness (QED) is 0.789. The first-order chi connectivity index (χ1) is 10.8. The molecule has 22 heavy (non-hydrogen) atoms. The molecular formula is C14H17ClN6O. The zero-order valence-corrected chi connectivity index (χ0v) is 13.1. The SMILES string of the molecule is COCc1nccc(N2CCN(c3ccnc(Cl)n3)CC2)n1. The predicted molar refractivity (Wildman–Crippen MR) is 84.2 cm³/mol. The molecule has 1 saturated heterocycles. The Hall–Kier alpha value is -1.99. The van der Waals surface area contributed by atoms with E-state index >= 15 is 0 Å². The van der Waals surface area contributed by atoms with Crippen LogP contribution in [-0.4, -0.2) is 53.2 Å². The Morgan fingerprint density at radius 1 is 1.00 bits per heavy atom. The smallest absolute Gasteiger partial charge is 0.224 e. The second-order valence-corrected chi connectivity index (χ2v) is 5.26. The highest BCUT2D eigenvalue weighted by Gasteiger charge is 2.19. The molecule has 0 unspecified atom stereocenters. The third-order valence-electron chi connectivity index (χ3n) is 3.50. The summed E-state index contributed by atoms with van der Waals surface area (Å²) >= 11 is 5.85. The Bertz CT molecular complexity index is 632. The van der Waals surface area contributed by atoms with E-state index in [4.69, 9.17) is 16.3 Å². The summed E-state index contributed by atoms with van der Waals surface area (Å²) in [6.45, 7) is 3.87. The largest absolute Gasteiger partial charge is 0.377 e. The van der Waals surface area contributed by atoms with Crippen molar-refractivity contribution < 1.29 is 4.74 Å². The summed E-state index contributed by atoms with van der Waals surface area (Å²) in [5.41, 5.74) is 0. The van der Waals surface area contributed by atoms with Gasteiger partial charge in [0, 0.05) is 45.7 Å². The zero-order valence-electron chi connectivity index (χ0n) is 12.3. The Labute approximate surface area is 133 Å². The van der Waals surface area contributed by atoms with Gasteiger partial charge < -0.3 is 14.5 Å². The number of piperazine rings is 1. The van der Waals surface area contributed by atoms with Gasteiger partial charge in [0.15, 0.2) is 5.82 Å². The fourth-order valence-corrected chi connectivity index (χ4v) is 2.57. The van der Waals surface area contributed by atoms with Gasteiger partial charge in [0.1, 0.15) is 18.2 Å². The van der Waals surface area contributed by atoms with Crippen LogP contribution in [0.25, 0.3) is 0 Å². The van der Waals surface area contributed by atoms with Gasteiger partial charge in [0.25, 0.3) is 0 Å². The van der Waals surface area contributed by atoms with E-state index in [1.54, 1.807) is 19.5 Å². The number of nitrogens with zero attached hydrogens (tertiary/aromatic N) is 6. The second-order valence-electron chi connectivity index (χ2n) is 4.92. The molecule has 3 heterocycles. The van der Waals surface area contributed by atoms with E-state index in [9.17, 15) is 0 Å². The topological polar surface area (TPSA) is 67.3 Å². The van der Waals surface area contributed by atoms with Gasteiger partial charge in [-0.25, -0.2) is 19.9 Å². The Balaban J connectivity index is 1.65. The second kappa shape index (κ2) is 6.85. The molecule has 116 valence electrons. The third-order valence-corrected chi connectivity index (χ3v) is 3.69. The first kappa shape index (κ1) is 14.9. The Morgan fingerprint density at radius 2 is 1.59 bits per heavy atom. The molecule has 0 amide bonds. The molecule has 0 bridgehead atoms. The van der Waals surface area contributed by atoms with Crippen LogP contribution in [0.4, 0.5) is 11.6 Å². The Morgan fingerprint density at radius 3 is 2.18 bits per heavy atom. The highest BCUT2D eigenvalue weighted by molar-refractivity contribution is 6.28. The van der Waals surface area contributed by atoms with E-state index in [2.05, 4.69) is 29.7 Å². The molecule has 0 saturated carbocycles. The van der Waals surface area contributed by atoms with E-state index in [1.807, 2.05) is 12.1 Å². The van der Waals surface area contributed by atoms with Crippen molar-refractivity contribution in [2.24, 2.45) is 0 Å². The maximum atomic E-state index is 5.85. The van der Waals surface area contributed by atoms with Gasteiger partial charge in [0.05, 0.1) is 0 Å². The number of aromatic nitrogens is 4. The minimum Gasteiger partial charge on any atom is -0.377 e. The van der Waals surface area contributed by atoms with Gasteiger partial charge in [-0.1, -0.05) is 0 Å². The van der Waals surface area contributed by atoms with Crippen LogP contribution in [-0.2, 0) is 11.3 Å². The lowest BCUT2D eigenvalue weighted by atomic mass is 10.3. The van der Waals surface area contributed by atoms with Crippen molar-refractivity contribution in [3.05, 3.63) is 35.6 Å². The Kier molecular flexibility index (Phi) is 4.65. The maximum Gasteiger partial charge on any atom is 0.224 e. The highest BCUT2D eigenvalue weighted by Crippen LogP contribution is 2.18. The molecule has 2 aromatic rings. The average Bonchev–Trinajstić information content (AvgIpc) is 2.56. The van der Waals surface area contributed by atoms with Gasteiger partial charge in [-0.3, -0.25) is 0 Å². The van der Waals surface area contributed by atoms with Crippen molar-refractivity contribution in [3.8, 4) is 0 Å². The van der Waals surface area contributed by atoms with Crippen molar-refractivity contribution in [3.63, 3.8) is 0 Å². The van der Waals surface area contributed by atoms with Crippen LogP contribution >= 0.6 is 11.6 Å². The fourth-order valence-electron chi connectivity index (χ4n) is 2.43. The van der Waals surface area contributed by atoms with E-state index < -0.39 is 0 Å². The van der Waals surface area contributed by atoms with Crippen LogP contribution < -0.4 is 9.80 Å². The van der Waals surface area contributed by atoms with Crippen molar-refractivity contribution >= 4 is 23.2 Å². The van der Waals surface area contributed by atoms with Crippen LogP contribution in [0.2, 0.25) is 5.28 Å². The number of methoxy groups -OCH3 is 1. The minimum atomic E-state index is 0.278. The van der Waals surface area contributed by atoms with E-state index in [1.165, 1.54) is 0 Å². The number of ether oxygens (including phenoxy) is 1. The summed E-state index contributed by atoms with van der Waals surface area (Å²) in [4.78, 5) is 21.3. The van der Waals surface area contributed by atoms with E-state index in [-0.39, 0.29) is 5.28 Å². The molecule has 0 radical (unpaired) electrons. The zero-order chi connectivity index (χ0) is 15.4. The van der Waals surface area contributed by atoms with Crippen molar-refractivity contribution in [1.82, 2.24) is 19.9 Å². The van der Waals surface area contributed by atoms with Gasteiger partial charge in [0.2, 0.25) is 5.28 Å².